The normalized spacial score (nSPS) is 10.2. The van der Waals surface area contributed by atoms with E-state index in [1.165, 1.54) is 23.9 Å². The number of hydrogen-bond acceptors (Lipinski definition) is 5. The minimum Gasteiger partial charge on any atom is -0.258 e. The predicted octanol–water partition coefficient (Wildman–Crippen LogP) is 3.80. The second kappa shape index (κ2) is 6.16. The molecular formula is C13H10N2O4S. The highest BCUT2D eigenvalue weighted by atomic mass is 32.2. The number of hydrogen-bond donors (Lipinski definition) is 0. The number of rotatable bonds is 5. The molecule has 0 unspecified atom stereocenters. The van der Waals surface area contributed by atoms with Gasteiger partial charge in [-0.25, -0.2) is 0 Å². The average molecular weight is 290 g/mol. The van der Waals surface area contributed by atoms with Gasteiger partial charge in [0.2, 0.25) is 0 Å². The molecule has 0 aliphatic carbocycles. The summed E-state index contributed by atoms with van der Waals surface area (Å²) in [5, 5.41) is 21.6. The summed E-state index contributed by atoms with van der Waals surface area (Å²) in [5.74, 6) is 0.437. The van der Waals surface area contributed by atoms with Crippen LogP contribution in [0.2, 0.25) is 0 Å². The summed E-state index contributed by atoms with van der Waals surface area (Å²) in [5.41, 5.74) is 0.0328. The Kier molecular flexibility index (Phi) is 4.31. The molecule has 102 valence electrons. The molecule has 0 saturated heterocycles. The van der Waals surface area contributed by atoms with Crippen molar-refractivity contribution < 1.29 is 9.85 Å². The largest absolute Gasteiger partial charge is 0.276 e. The van der Waals surface area contributed by atoms with E-state index >= 15 is 0 Å². The summed E-state index contributed by atoms with van der Waals surface area (Å²) in [6.45, 7) is 0. The molecule has 0 bridgehead atoms. The predicted molar refractivity (Wildman–Crippen MR) is 75.8 cm³/mol. The maximum Gasteiger partial charge on any atom is 0.276 e. The fourth-order valence-electron chi connectivity index (χ4n) is 1.63. The van der Waals surface area contributed by atoms with Gasteiger partial charge in [0.05, 0.1) is 15.9 Å². The Hall–Kier alpha value is -2.41. The van der Waals surface area contributed by atoms with Gasteiger partial charge in [-0.3, -0.25) is 20.2 Å². The van der Waals surface area contributed by atoms with Crippen molar-refractivity contribution >= 4 is 23.1 Å². The van der Waals surface area contributed by atoms with Crippen LogP contribution < -0.4 is 0 Å². The van der Waals surface area contributed by atoms with Crippen LogP contribution in [0.1, 0.15) is 5.56 Å². The molecule has 0 aliphatic rings. The summed E-state index contributed by atoms with van der Waals surface area (Å²) in [7, 11) is 0. The highest BCUT2D eigenvalue weighted by Crippen LogP contribution is 2.28. The first-order valence-electron chi connectivity index (χ1n) is 5.67. The van der Waals surface area contributed by atoms with Gasteiger partial charge in [-0.2, -0.15) is 0 Å². The maximum absolute atomic E-state index is 10.8. The molecule has 0 N–H and O–H groups in total. The van der Waals surface area contributed by atoms with Gasteiger partial charge in [-0.15, -0.1) is 11.8 Å². The molecule has 20 heavy (non-hydrogen) atoms. The van der Waals surface area contributed by atoms with E-state index in [-0.39, 0.29) is 11.4 Å². The minimum atomic E-state index is -0.621. The Labute approximate surface area is 118 Å². The first-order chi connectivity index (χ1) is 9.56. The van der Waals surface area contributed by atoms with E-state index in [2.05, 4.69) is 0 Å². The summed E-state index contributed by atoms with van der Waals surface area (Å²) in [4.78, 5) is 21.3. The van der Waals surface area contributed by atoms with Crippen LogP contribution in [0.15, 0.2) is 53.4 Å². The second-order valence-corrected chi connectivity index (χ2v) is 5.02. The molecule has 2 rings (SSSR count). The van der Waals surface area contributed by atoms with E-state index in [0.29, 0.717) is 11.3 Å². The summed E-state index contributed by atoms with van der Waals surface area (Å²) >= 11 is 1.47. The van der Waals surface area contributed by atoms with E-state index in [1.807, 2.05) is 30.3 Å². The molecular weight excluding hydrogens is 280 g/mol. The van der Waals surface area contributed by atoms with Gasteiger partial charge >= 0.3 is 0 Å². The van der Waals surface area contributed by atoms with Crippen LogP contribution in [0.5, 0.6) is 0 Å². The quantitative estimate of drug-likeness (QED) is 0.475. The molecule has 0 spiro atoms. The van der Waals surface area contributed by atoms with Crippen LogP contribution in [-0.4, -0.2) is 9.85 Å². The highest BCUT2D eigenvalue weighted by Gasteiger charge is 2.16. The molecule has 7 heteroatoms. The Morgan fingerprint density at radius 3 is 1.95 bits per heavy atom. The van der Waals surface area contributed by atoms with Crippen molar-refractivity contribution in [3.8, 4) is 0 Å². The zero-order valence-electron chi connectivity index (χ0n) is 10.3. The third kappa shape index (κ3) is 3.55. The lowest BCUT2D eigenvalue weighted by Crippen LogP contribution is -1.95. The number of nitro benzene ring substituents is 2. The molecule has 0 fully saturated rings. The van der Waals surface area contributed by atoms with Gasteiger partial charge in [-0.05, 0) is 17.7 Å². The summed E-state index contributed by atoms with van der Waals surface area (Å²) < 4.78 is 0. The molecule has 0 atom stereocenters. The van der Waals surface area contributed by atoms with Crippen LogP contribution in [0.3, 0.4) is 0 Å². The maximum atomic E-state index is 10.8. The van der Waals surface area contributed by atoms with Gasteiger partial charge < -0.3 is 0 Å². The highest BCUT2D eigenvalue weighted by molar-refractivity contribution is 7.98. The molecule has 0 radical (unpaired) electrons. The number of nitrogens with zero attached hydrogens (tertiary/aromatic N) is 2. The van der Waals surface area contributed by atoms with Crippen LogP contribution >= 0.6 is 11.8 Å². The fraction of sp³-hybridized carbons (Fsp3) is 0.0769. The van der Waals surface area contributed by atoms with Crippen molar-refractivity contribution in [3.05, 3.63) is 74.3 Å². The topological polar surface area (TPSA) is 86.3 Å². The van der Waals surface area contributed by atoms with Crippen LogP contribution in [-0.2, 0) is 5.75 Å². The molecule has 2 aromatic rings. The van der Waals surface area contributed by atoms with Crippen LogP contribution in [0, 0.1) is 20.2 Å². The SMILES string of the molecule is O=[N+]([O-])c1cc(CSc2ccccc2)cc([N+](=O)[O-])c1. The van der Waals surface area contributed by atoms with E-state index in [4.69, 9.17) is 0 Å². The Morgan fingerprint density at radius 2 is 1.45 bits per heavy atom. The lowest BCUT2D eigenvalue weighted by molar-refractivity contribution is -0.394. The Bertz CT molecular complexity index is 614. The zero-order chi connectivity index (χ0) is 14.5. The number of nitro groups is 2. The second-order valence-electron chi connectivity index (χ2n) is 3.97. The number of non-ortho nitro benzene ring substituents is 2. The lowest BCUT2D eigenvalue weighted by Gasteiger charge is -2.02. The minimum absolute atomic E-state index is 0.261. The molecule has 0 heterocycles. The van der Waals surface area contributed by atoms with Gasteiger partial charge in [0.15, 0.2) is 0 Å². The van der Waals surface area contributed by atoms with Gasteiger partial charge in [0.1, 0.15) is 0 Å². The molecule has 0 aliphatic heterocycles. The van der Waals surface area contributed by atoms with E-state index in [1.54, 1.807) is 0 Å². The van der Waals surface area contributed by atoms with Crippen LogP contribution in [0.25, 0.3) is 0 Å². The summed E-state index contributed by atoms with van der Waals surface area (Å²) in [6, 6.07) is 13.2. The van der Waals surface area contributed by atoms with Crippen molar-refractivity contribution in [1.82, 2.24) is 0 Å². The number of thioether (sulfide) groups is 1. The van der Waals surface area contributed by atoms with Gasteiger partial charge in [-0.1, -0.05) is 18.2 Å². The van der Waals surface area contributed by atoms with Gasteiger partial charge in [0.25, 0.3) is 11.4 Å². The standard InChI is InChI=1S/C13H10N2O4S/c16-14(17)11-6-10(7-12(8-11)15(18)19)9-20-13-4-2-1-3-5-13/h1-8H,9H2. The van der Waals surface area contributed by atoms with Crippen molar-refractivity contribution in [3.63, 3.8) is 0 Å². The first kappa shape index (κ1) is 14.0. The average Bonchev–Trinajstić information content (AvgIpc) is 2.45. The molecule has 6 nitrogen and oxygen atoms in total. The first-order valence-corrected chi connectivity index (χ1v) is 6.65. The molecule has 0 saturated carbocycles. The van der Waals surface area contributed by atoms with Crippen molar-refractivity contribution in [2.24, 2.45) is 0 Å². The Morgan fingerprint density at radius 1 is 0.900 bits per heavy atom. The number of benzene rings is 2. The van der Waals surface area contributed by atoms with Crippen molar-refractivity contribution in [2.45, 2.75) is 10.6 Å². The molecule has 2 aromatic carbocycles. The Balaban J connectivity index is 2.22. The van der Waals surface area contributed by atoms with E-state index in [9.17, 15) is 20.2 Å². The third-order valence-corrected chi connectivity index (χ3v) is 3.62. The van der Waals surface area contributed by atoms with Crippen molar-refractivity contribution in [1.29, 1.82) is 0 Å². The zero-order valence-corrected chi connectivity index (χ0v) is 11.1. The molecule has 0 aromatic heterocycles. The smallest absolute Gasteiger partial charge is 0.258 e. The van der Waals surface area contributed by atoms with Crippen LogP contribution in [0.4, 0.5) is 11.4 Å². The molecule has 0 amide bonds. The monoisotopic (exact) mass is 290 g/mol. The van der Waals surface area contributed by atoms with E-state index < -0.39 is 9.85 Å². The van der Waals surface area contributed by atoms with E-state index in [0.717, 1.165) is 11.0 Å². The third-order valence-electron chi connectivity index (χ3n) is 2.53. The lowest BCUT2D eigenvalue weighted by atomic mass is 10.2. The van der Waals surface area contributed by atoms with Gasteiger partial charge in [0, 0.05) is 22.8 Å². The summed E-state index contributed by atoms with van der Waals surface area (Å²) in [6.07, 6.45) is 0. The van der Waals surface area contributed by atoms with Crippen molar-refractivity contribution in [2.75, 3.05) is 0 Å². The fourth-order valence-corrected chi connectivity index (χ4v) is 2.48.